The van der Waals surface area contributed by atoms with Gasteiger partial charge in [-0.2, -0.15) is 0 Å². The van der Waals surface area contributed by atoms with Gasteiger partial charge in [0.2, 0.25) is 0 Å². The maximum absolute atomic E-state index is 13.2. The number of halogens is 2. The van der Waals surface area contributed by atoms with E-state index in [-0.39, 0.29) is 5.69 Å². The number of nitrogens with zero attached hydrogens (tertiary/aromatic N) is 1. The molecular weight excluding hydrogens is 198 g/mol. The molecule has 2 rings (SSSR count). The average molecular weight is 212 g/mol. The Morgan fingerprint density at radius 1 is 1.40 bits per heavy atom. The Balaban J connectivity index is 2.40. The van der Waals surface area contributed by atoms with Crippen molar-refractivity contribution in [2.75, 3.05) is 17.2 Å². The van der Waals surface area contributed by atoms with Crippen LogP contribution in [0.15, 0.2) is 12.1 Å². The van der Waals surface area contributed by atoms with Crippen LogP contribution in [-0.2, 0) is 0 Å². The summed E-state index contributed by atoms with van der Waals surface area (Å²) in [5.41, 5.74) is 6.14. The van der Waals surface area contributed by atoms with E-state index >= 15 is 0 Å². The number of nitrogens with two attached hydrogens (primary N) is 1. The molecule has 15 heavy (non-hydrogen) atoms. The van der Waals surface area contributed by atoms with Gasteiger partial charge >= 0.3 is 0 Å². The fourth-order valence-corrected chi connectivity index (χ4v) is 1.82. The number of nitrogen functional groups attached to an aromatic ring is 1. The largest absolute Gasteiger partial charge is 0.395 e. The molecule has 0 heterocycles. The summed E-state index contributed by atoms with van der Waals surface area (Å²) < 4.78 is 26.3. The number of anilines is 2. The number of benzene rings is 1. The Bertz CT molecular complexity index is 375. The molecular formula is C11H14F2N2. The van der Waals surface area contributed by atoms with Crippen LogP contribution in [0.1, 0.15) is 19.8 Å². The molecule has 1 aliphatic carbocycles. The zero-order valence-corrected chi connectivity index (χ0v) is 8.63. The van der Waals surface area contributed by atoms with Gasteiger partial charge in [-0.1, -0.05) is 0 Å². The van der Waals surface area contributed by atoms with Gasteiger partial charge in [-0.3, -0.25) is 0 Å². The third-order valence-corrected chi connectivity index (χ3v) is 2.71. The van der Waals surface area contributed by atoms with Crippen molar-refractivity contribution in [2.45, 2.75) is 25.8 Å². The zero-order chi connectivity index (χ0) is 11.0. The van der Waals surface area contributed by atoms with E-state index in [1.54, 1.807) is 0 Å². The fourth-order valence-electron chi connectivity index (χ4n) is 1.82. The first-order chi connectivity index (χ1) is 7.13. The molecule has 0 bridgehead atoms. The van der Waals surface area contributed by atoms with Crippen LogP contribution < -0.4 is 10.6 Å². The lowest BCUT2D eigenvalue weighted by molar-refractivity contribution is 0.585. The highest BCUT2D eigenvalue weighted by atomic mass is 19.1. The minimum atomic E-state index is -0.677. The van der Waals surface area contributed by atoms with Crippen LogP contribution in [0.5, 0.6) is 0 Å². The van der Waals surface area contributed by atoms with Crippen molar-refractivity contribution >= 4 is 11.4 Å². The Labute approximate surface area is 87.7 Å². The van der Waals surface area contributed by atoms with Gasteiger partial charge in [0.05, 0.1) is 11.4 Å². The van der Waals surface area contributed by atoms with Gasteiger partial charge in [0.1, 0.15) is 5.82 Å². The summed E-state index contributed by atoms with van der Waals surface area (Å²) in [5, 5.41) is 0. The van der Waals surface area contributed by atoms with E-state index in [2.05, 4.69) is 0 Å². The summed E-state index contributed by atoms with van der Waals surface area (Å²) in [4.78, 5) is 1.96. The Hall–Kier alpha value is -1.32. The van der Waals surface area contributed by atoms with Gasteiger partial charge in [-0.15, -0.1) is 0 Å². The van der Waals surface area contributed by atoms with E-state index in [1.165, 1.54) is 6.07 Å². The molecule has 2 nitrogen and oxygen atoms in total. The first-order valence-electron chi connectivity index (χ1n) is 5.14. The lowest BCUT2D eigenvalue weighted by atomic mass is 10.2. The molecule has 2 N–H and O–H groups in total. The molecule has 0 aromatic heterocycles. The Morgan fingerprint density at radius 2 is 2.07 bits per heavy atom. The van der Waals surface area contributed by atoms with E-state index in [9.17, 15) is 8.78 Å². The van der Waals surface area contributed by atoms with Gasteiger partial charge in [-0.25, -0.2) is 8.78 Å². The summed E-state index contributed by atoms with van der Waals surface area (Å²) in [6, 6.07) is 2.53. The summed E-state index contributed by atoms with van der Waals surface area (Å²) in [6.07, 6.45) is 2.15. The molecule has 0 amide bonds. The minimum Gasteiger partial charge on any atom is -0.395 e. The summed E-state index contributed by atoms with van der Waals surface area (Å²) in [6.45, 7) is 2.68. The maximum Gasteiger partial charge on any atom is 0.151 e. The molecule has 0 aliphatic heterocycles. The first-order valence-corrected chi connectivity index (χ1v) is 5.14. The third-order valence-electron chi connectivity index (χ3n) is 2.71. The average Bonchev–Trinajstić information content (AvgIpc) is 2.98. The zero-order valence-electron chi connectivity index (χ0n) is 8.63. The SMILES string of the molecule is CCN(c1cc(F)cc(F)c1N)C1CC1. The minimum absolute atomic E-state index is 0.0464. The quantitative estimate of drug-likeness (QED) is 0.780. The molecule has 0 atom stereocenters. The van der Waals surface area contributed by atoms with Gasteiger partial charge in [-0.05, 0) is 25.8 Å². The lowest BCUT2D eigenvalue weighted by Gasteiger charge is -2.24. The van der Waals surface area contributed by atoms with Crippen molar-refractivity contribution in [3.63, 3.8) is 0 Å². The lowest BCUT2D eigenvalue weighted by Crippen LogP contribution is -2.26. The number of hydrogen-bond donors (Lipinski definition) is 1. The molecule has 1 fully saturated rings. The second kappa shape index (κ2) is 3.68. The van der Waals surface area contributed by atoms with Crippen LogP contribution in [0.3, 0.4) is 0 Å². The predicted octanol–water partition coefficient (Wildman–Crippen LogP) is 2.54. The molecule has 1 aliphatic rings. The monoisotopic (exact) mass is 212 g/mol. The second-order valence-corrected chi connectivity index (χ2v) is 3.84. The number of hydrogen-bond acceptors (Lipinski definition) is 2. The summed E-state index contributed by atoms with van der Waals surface area (Å²) >= 11 is 0. The van der Waals surface area contributed by atoms with E-state index in [4.69, 9.17) is 5.73 Å². The summed E-state index contributed by atoms with van der Waals surface area (Å²) in [7, 11) is 0. The molecule has 0 unspecified atom stereocenters. The van der Waals surface area contributed by atoms with Crippen molar-refractivity contribution in [1.29, 1.82) is 0 Å². The van der Waals surface area contributed by atoms with Crippen LogP contribution in [0.25, 0.3) is 0 Å². The van der Waals surface area contributed by atoms with E-state index < -0.39 is 11.6 Å². The van der Waals surface area contributed by atoms with Gasteiger partial charge in [0, 0.05) is 18.7 Å². The van der Waals surface area contributed by atoms with Crippen molar-refractivity contribution < 1.29 is 8.78 Å². The third kappa shape index (κ3) is 1.89. The molecule has 1 saturated carbocycles. The highest BCUT2D eigenvalue weighted by Gasteiger charge is 2.30. The van der Waals surface area contributed by atoms with Crippen LogP contribution in [0, 0.1) is 11.6 Å². The van der Waals surface area contributed by atoms with Crippen molar-refractivity contribution in [2.24, 2.45) is 0 Å². The molecule has 1 aromatic carbocycles. The normalized spacial score (nSPS) is 15.4. The highest BCUT2D eigenvalue weighted by Crippen LogP contribution is 2.35. The molecule has 0 saturated heterocycles. The molecule has 1 aromatic rings. The van der Waals surface area contributed by atoms with Crippen molar-refractivity contribution in [1.82, 2.24) is 0 Å². The molecule has 0 spiro atoms. The highest BCUT2D eigenvalue weighted by molar-refractivity contribution is 5.69. The van der Waals surface area contributed by atoms with E-state index in [1.807, 2.05) is 11.8 Å². The number of rotatable bonds is 3. The van der Waals surface area contributed by atoms with Gasteiger partial charge < -0.3 is 10.6 Å². The Kier molecular flexibility index (Phi) is 2.50. The van der Waals surface area contributed by atoms with Crippen LogP contribution in [0.2, 0.25) is 0 Å². The molecule has 82 valence electrons. The Morgan fingerprint density at radius 3 is 2.60 bits per heavy atom. The first kappa shape index (κ1) is 10.2. The second-order valence-electron chi connectivity index (χ2n) is 3.84. The van der Waals surface area contributed by atoms with Crippen LogP contribution >= 0.6 is 0 Å². The van der Waals surface area contributed by atoms with Gasteiger partial charge in [0.25, 0.3) is 0 Å². The van der Waals surface area contributed by atoms with Crippen LogP contribution in [-0.4, -0.2) is 12.6 Å². The fraction of sp³-hybridized carbons (Fsp3) is 0.455. The smallest absolute Gasteiger partial charge is 0.151 e. The van der Waals surface area contributed by atoms with E-state index in [0.29, 0.717) is 11.7 Å². The summed E-state index contributed by atoms with van der Waals surface area (Å²) in [5.74, 6) is -1.25. The topological polar surface area (TPSA) is 29.3 Å². The molecule has 0 radical (unpaired) electrons. The van der Waals surface area contributed by atoms with Crippen molar-refractivity contribution in [3.8, 4) is 0 Å². The maximum atomic E-state index is 13.2. The molecule has 4 heteroatoms. The van der Waals surface area contributed by atoms with Crippen LogP contribution in [0.4, 0.5) is 20.2 Å². The van der Waals surface area contributed by atoms with E-state index in [0.717, 1.165) is 25.5 Å². The van der Waals surface area contributed by atoms with Crippen molar-refractivity contribution in [3.05, 3.63) is 23.8 Å². The predicted molar refractivity (Wildman–Crippen MR) is 56.8 cm³/mol. The standard InChI is InChI=1S/C11H14F2N2/c1-2-15(8-3-4-8)10-6-7(12)5-9(13)11(10)14/h5-6,8H,2-4,14H2,1H3. The van der Waals surface area contributed by atoms with Gasteiger partial charge in [0.15, 0.2) is 5.82 Å².